The summed E-state index contributed by atoms with van der Waals surface area (Å²) in [5.74, 6) is 0.391. The van der Waals surface area contributed by atoms with Crippen LogP contribution in [0.5, 0.6) is 0 Å². The fourth-order valence-electron chi connectivity index (χ4n) is 7.62. The number of carbonyl (C=O) groups excluding carboxylic acids is 1. The molecule has 14 heteroatoms. The summed E-state index contributed by atoms with van der Waals surface area (Å²) < 4.78 is 12.8. The number of nitrogens with zero attached hydrogens (tertiary/aromatic N) is 7. The summed E-state index contributed by atoms with van der Waals surface area (Å²) >= 11 is 0. The van der Waals surface area contributed by atoms with Crippen LogP contribution in [0.1, 0.15) is 89.9 Å². The number of azide groups is 2. The van der Waals surface area contributed by atoms with Crippen LogP contribution >= 0.6 is 0 Å². The maximum atomic E-state index is 14.5. The van der Waals surface area contributed by atoms with Gasteiger partial charge in [-0.3, -0.25) is 4.79 Å². The van der Waals surface area contributed by atoms with E-state index in [1.165, 1.54) is 0 Å². The molecule has 0 aromatic heterocycles. The van der Waals surface area contributed by atoms with Crippen molar-refractivity contribution in [3.05, 3.63) is 32.0 Å². The maximum Gasteiger partial charge on any atom is 0.252 e. The zero-order chi connectivity index (χ0) is 32.1. The Bertz CT molecular complexity index is 1140. The number of aliphatic hydroxyl groups is 3. The first-order chi connectivity index (χ1) is 21.9. The Morgan fingerprint density at radius 3 is 2.49 bits per heavy atom. The van der Waals surface area contributed by atoms with Crippen molar-refractivity contribution >= 4 is 11.8 Å². The highest BCUT2D eigenvalue weighted by Gasteiger charge is 2.56. The molecule has 4 N–H and O–H groups in total. The molecule has 2 fully saturated rings. The van der Waals surface area contributed by atoms with Gasteiger partial charge in [0.2, 0.25) is 0 Å². The van der Waals surface area contributed by atoms with E-state index >= 15 is 0 Å². The van der Waals surface area contributed by atoms with E-state index in [1.807, 2.05) is 0 Å². The van der Waals surface area contributed by atoms with Crippen molar-refractivity contribution in [2.45, 2.75) is 114 Å². The molecule has 14 nitrogen and oxygen atoms in total. The lowest BCUT2D eigenvalue weighted by Crippen LogP contribution is -2.56. The first-order valence-electron chi connectivity index (χ1n) is 16.7. The summed E-state index contributed by atoms with van der Waals surface area (Å²) in [5.41, 5.74) is 18.8. The van der Waals surface area contributed by atoms with E-state index in [1.54, 1.807) is 0 Å². The van der Waals surface area contributed by atoms with Crippen molar-refractivity contribution in [3.8, 4) is 0 Å². The van der Waals surface area contributed by atoms with Crippen molar-refractivity contribution < 1.29 is 29.6 Å². The number of nitrogens with one attached hydrogen (secondary N) is 1. The van der Waals surface area contributed by atoms with Gasteiger partial charge in [0.25, 0.3) is 5.91 Å². The minimum Gasteiger partial charge on any atom is -0.470 e. The van der Waals surface area contributed by atoms with Gasteiger partial charge in [0.15, 0.2) is 17.5 Å². The number of aliphatic imine (C=N–C) groups is 1. The minimum absolute atomic E-state index is 0.0120. The molecule has 0 saturated heterocycles. The molecule has 1 aliphatic heterocycles. The smallest absolute Gasteiger partial charge is 0.252 e. The van der Waals surface area contributed by atoms with E-state index in [0.717, 1.165) is 81.8 Å². The zero-order valence-corrected chi connectivity index (χ0v) is 26.3. The Balaban J connectivity index is 1.73. The first-order valence-corrected chi connectivity index (χ1v) is 16.7. The maximum absolute atomic E-state index is 14.5. The van der Waals surface area contributed by atoms with Crippen molar-refractivity contribution in [3.63, 3.8) is 0 Å². The van der Waals surface area contributed by atoms with E-state index in [0.29, 0.717) is 38.3 Å². The van der Waals surface area contributed by atoms with Crippen LogP contribution in [0.2, 0.25) is 0 Å². The molecule has 4 aliphatic rings. The predicted molar refractivity (Wildman–Crippen MR) is 168 cm³/mol. The molecule has 250 valence electrons. The fourth-order valence-corrected chi connectivity index (χ4v) is 7.62. The summed E-state index contributed by atoms with van der Waals surface area (Å²) in [6, 6.07) is 0. The van der Waals surface area contributed by atoms with E-state index in [2.05, 4.69) is 25.4 Å². The van der Waals surface area contributed by atoms with E-state index < -0.39 is 24.4 Å². The number of aliphatic hydroxyl groups excluding tert-OH is 3. The first kappa shape index (κ1) is 35.0. The predicted octanol–water partition coefficient (Wildman–Crippen LogP) is 4.64. The number of carbonyl (C=O) groups is 1. The third-order valence-corrected chi connectivity index (χ3v) is 10.1. The Hall–Kier alpha value is -2.86. The SMILES string of the molecule is [N-]=[N+]=NCC1=C([C@H]2OC(C3CCC(OCCCO)CC3)=N[C@@]2(CC2CCCCC2CN=[N+]=[N-])C(=O)NCC(O)CO)CCCC1. The highest BCUT2D eigenvalue weighted by atomic mass is 16.5. The van der Waals surface area contributed by atoms with Crippen LogP contribution in [0, 0.1) is 17.8 Å². The molecule has 3 aliphatic carbocycles. The van der Waals surface area contributed by atoms with Crippen LogP contribution in [0.3, 0.4) is 0 Å². The average molecular weight is 631 g/mol. The van der Waals surface area contributed by atoms with Gasteiger partial charge in [0.1, 0.15) is 0 Å². The van der Waals surface area contributed by atoms with E-state index in [9.17, 15) is 15.0 Å². The second-order valence-electron chi connectivity index (χ2n) is 13.0. The largest absolute Gasteiger partial charge is 0.470 e. The van der Waals surface area contributed by atoms with Crippen LogP contribution < -0.4 is 5.32 Å². The Morgan fingerprint density at radius 1 is 1.04 bits per heavy atom. The minimum atomic E-state index is -1.33. The number of hydrogen-bond acceptors (Lipinski definition) is 9. The van der Waals surface area contributed by atoms with Gasteiger partial charge in [-0.25, -0.2) is 4.99 Å². The highest BCUT2D eigenvalue weighted by molar-refractivity contribution is 5.95. The van der Waals surface area contributed by atoms with Gasteiger partial charge in [0.05, 0.1) is 18.8 Å². The second kappa shape index (κ2) is 17.7. The van der Waals surface area contributed by atoms with Gasteiger partial charge in [-0.2, -0.15) is 0 Å². The molecular weight excluding hydrogens is 580 g/mol. The quantitative estimate of drug-likeness (QED) is 0.0625. The van der Waals surface area contributed by atoms with Crippen LogP contribution in [0.4, 0.5) is 0 Å². The summed E-state index contributed by atoms with van der Waals surface area (Å²) in [6.45, 7) is 0.584. The molecule has 5 atom stereocenters. The van der Waals surface area contributed by atoms with Crippen molar-refractivity contribution in [2.75, 3.05) is 39.5 Å². The zero-order valence-electron chi connectivity index (χ0n) is 26.3. The number of ether oxygens (including phenoxy) is 2. The number of rotatable bonds is 16. The van der Waals surface area contributed by atoms with Gasteiger partial charge in [0, 0.05) is 48.6 Å². The fraction of sp³-hybridized carbons (Fsp3) is 0.871. The second-order valence-corrected chi connectivity index (χ2v) is 13.0. The molecule has 0 aromatic rings. The van der Waals surface area contributed by atoms with Crippen LogP contribution in [0.15, 0.2) is 26.4 Å². The van der Waals surface area contributed by atoms with Gasteiger partial charge in [-0.05, 0) is 92.7 Å². The topological polar surface area (TPSA) is 218 Å². The van der Waals surface area contributed by atoms with Crippen molar-refractivity contribution in [1.29, 1.82) is 0 Å². The Kier molecular flexibility index (Phi) is 13.8. The third kappa shape index (κ3) is 9.12. The summed E-state index contributed by atoms with van der Waals surface area (Å²) in [6.07, 6.45) is 9.70. The van der Waals surface area contributed by atoms with Gasteiger partial charge >= 0.3 is 0 Å². The Morgan fingerprint density at radius 2 is 1.78 bits per heavy atom. The Labute approximate surface area is 264 Å². The molecule has 3 unspecified atom stereocenters. The van der Waals surface area contributed by atoms with Crippen molar-refractivity contribution in [1.82, 2.24) is 5.32 Å². The normalized spacial score (nSPS) is 30.8. The summed E-state index contributed by atoms with van der Waals surface area (Å²) in [7, 11) is 0. The molecule has 1 amide bonds. The van der Waals surface area contributed by atoms with Gasteiger partial charge in [-0.1, -0.05) is 41.5 Å². The molecule has 0 aromatic carbocycles. The molecule has 4 rings (SSSR count). The molecule has 2 saturated carbocycles. The molecule has 45 heavy (non-hydrogen) atoms. The third-order valence-electron chi connectivity index (χ3n) is 10.1. The van der Waals surface area contributed by atoms with Gasteiger partial charge in [-0.15, -0.1) is 0 Å². The van der Waals surface area contributed by atoms with Crippen LogP contribution in [-0.4, -0.2) is 90.4 Å². The molecular formula is C31H50N8O6. The molecule has 0 spiro atoms. The van der Waals surface area contributed by atoms with Crippen LogP contribution in [-0.2, 0) is 14.3 Å². The molecule has 0 radical (unpaired) electrons. The lowest BCUT2D eigenvalue weighted by atomic mass is 9.69. The van der Waals surface area contributed by atoms with E-state index in [4.69, 9.17) is 30.6 Å². The van der Waals surface area contributed by atoms with Gasteiger partial charge < -0.3 is 30.1 Å². The average Bonchev–Trinajstić information content (AvgIpc) is 3.46. The number of amides is 1. The number of hydrogen-bond donors (Lipinski definition) is 4. The van der Waals surface area contributed by atoms with Crippen molar-refractivity contribution in [2.24, 2.45) is 33.0 Å². The summed E-state index contributed by atoms with van der Waals surface area (Å²) in [5, 5.41) is 39.4. The lowest BCUT2D eigenvalue weighted by Gasteiger charge is -2.40. The molecule has 0 bridgehead atoms. The van der Waals surface area contributed by atoms with E-state index in [-0.39, 0.29) is 49.5 Å². The summed E-state index contributed by atoms with van der Waals surface area (Å²) in [4.78, 5) is 25.7. The molecule has 1 heterocycles. The highest BCUT2D eigenvalue weighted by Crippen LogP contribution is 2.47. The standard InChI is InChI=1S/C31H50N8O6/c32-38-35-17-23-7-2-1-6-22(23)16-31(30(43)34-19-25(42)20-41)28(27-9-4-3-8-24(27)18-36-39-33)45-29(37-31)21-10-12-26(13-11-21)44-15-5-14-40/h21-23,25-26,28,40-42H,1-20H2,(H,34,43)/t21?,22?,23?,25?,26?,28-,31-/m1/s1. The van der Waals surface area contributed by atoms with Crippen LogP contribution in [0.25, 0.3) is 20.9 Å². The monoisotopic (exact) mass is 630 g/mol. The lowest BCUT2D eigenvalue weighted by molar-refractivity contribution is -0.130.